The van der Waals surface area contributed by atoms with Gasteiger partial charge < -0.3 is 10.0 Å². The van der Waals surface area contributed by atoms with Gasteiger partial charge in [0.05, 0.1) is 11.0 Å². The lowest BCUT2D eigenvalue weighted by Gasteiger charge is -2.02. The molecule has 1 aliphatic carbocycles. The van der Waals surface area contributed by atoms with Crippen molar-refractivity contribution < 1.29 is 28.1 Å². The lowest BCUT2D eigenvalue weighted by Crippen LogP contribution is -2.38. The van der Waals surface area contributed by atoms with Crippen LogP contribution in [0.2, 0.25) is 0 Å². The Morgan fingerprint density at radius 3 is 2.33 bits per heavy atom. The minimum absolute atomic E-state index is 0.448. The van der Waals surface area contributed by atoms with E-state index in [1.54, 1.807) is 0 Å². The number of hydrogen-bond donors (Lipinski definition) is 2. The smallest absolute Gasteiger partial charge is 0.422 e. The first-order chi connectivity index (χ1) is 8.23. The summed E-state index contributed by atoms with van der Waals surface area (Å²) in [5.74, 6) is 0. The van der Waals surface area contributed by atoms with E-state index in [4.69, 9.17) is 10.0 Å². The average Bonchev–Trinajstić information content (AvgIpc) is 2.94. The summed E-state index contributed by atoms with van der Waals surface area (Å²) in [6.07, 6.45) is -4.03. The summed E-state index contributed by atoms with van der Waals surface area (Å²) in [7, 11) is -2.38. The molecular weight excluding hydrogens is 258 g/mol. The lowest BCUT2D eigenvalue weighted by atomic mass is 9.84. The predicted octanol–water partition coefficient (Wildman–Crippen LogP) is -0.175. The van der Waals surface area contributed by atoms with E-state index in [-0.39, 0.29) is 0 Å². The maximum atomic E-state index is 12.6. The van der Waals surface area contributed by atoms with Crippen molar-refractivity contribution in [2.75, 3.05) is 0 Å². The fourth-order valence-corrected chi connectivity index (χ4v) is 1.65. The normalized spacial score (nSPS) is 15.8. The van der Waals surface area contributed by atoms with Crippen molar-refractivity contribution in [3.63, 3.8) is 0 Å². The molecule has 0 saturated heterocycles. The standard InChI is InChI=1S/C7H7BF3N3O4/c9-7(10,11)5-4(14(17)18)6(8(15)16)13(12-5)3-1-2-3/h3,15-16H,1-2H2. The van der Waals surface area contributed by atoms with Crippen LogP contribution in [-0.2, 0) is 6.18 Å². The monoisotopic (exact) mass is 265 g/mol. The molecule has 1 fully saturated rings. The van der Waals surface area contributed by atoms with Crippen LogP contribution in [0.4, 0.5) is 18.9 Å². The van der Waals surface area contributed by atoms with Gasteiger partial charge in [0.15, 0.2) is 0 Å². The fraction of sp³-hybridized carbons (Fsp3) is 0.571. The Bertz CT molecular complexity index is 497. The highest BCUT2D eigenvalue weighted by Crippen LogP contribution is 2.39. The second-order valence-electron chi connectivity index (χ2n) is 3.89. The molecule has 2 rings (SSSR count). The van der Waals surface area contributed by atoms with Crippen LogP contribution in [0.3, 0.4) is 0 Å². The number of aromatic nitrogens is 2. The maximum absolute atomic E-state index is 12.6. The second kappa shape index (κ2) is 3.95. The number of nitro groups is 1. The Hall–Kier alpha value is -1.62. The first kappa shape index (κ1) is 12.8. The molecule has 11 heteroatoms. The van der Waals surface area contributed by atoms with Crippen molar-refractivity contribution in [2.45, 2.75) is 25.1 Å². The molecular formula is C7H7BF3N3O4. The second-order valence-corrected chi connectivity index (χ2v) is 3.89. The highest BCUT2D eigenvalue weighted by Gasteiger charge is 2.49. The van der Waals surface area contributed by atoms with Gasteiger partial charge in [-0.05, 0) is 12.8 Å². The van der Waals surface area contributed by atoms with Crippen molar-refractivity contribution in [1.29, 1.82) is 0 Å². The van der Waals surface area contributed by atoms with Gasteiger partial charge in [0.25, 0.3) is 0 Å². The topological polar surface area (TPSA) is 101 Å². The zero-order chi connectivity index (χ0) is 13.7. The number of halogens is 3. The fourth-order valence-electron chi connectivity index (χ4n) is 1.65. The van der Waals surface area contributed by atoms with E-state index in [9.17, 15) is 23.3 Å². The molecule has 18 heavy (non-hydrogen) atoms. The Balaban J connectivity index is 2.67. The summed E-state index contributed by atoms with van der Waals surface area (Å²) in [5, 5.41) is 31.8. The summed E-state index contributed by atoms with van der Waals surface area (Å²) >= 11 is 0. The van der Waals surface area contributed by atoms with Crippen LogP contribution >= 0.6 is 0 Å². The summed E-state index contributed by atoms with van der Waals surface area (Å²) in [6, 6.07) is -0.448. The van der Waals surface area contributed by atoms with E-state index < -0.39 is 41.2 Å². The predicted molar refractivity (Wildman–Crippen MR) is 52.0 cm³/mol. The van der Waals surface area contributed by atoms with E-state index in [1.807, 2.05) is 0 Å². The molecule has 98 valence electrons. The molecule has 0 spiro atoms. The molecule has 0 amide bonds. The summed E-state index contributed by atoms with van der Waals surface area (Å²) in [6.45, 7) is 0. The van der Waals surface area contributed by atoms with Gasteiger partial charge in [-0.15, -0.1) is 0 Å². The molecule has 0 bridgehead atoms. The third kappa shape index (κ3) is 2.06. The third-order valence-corrected chi connectivity index (χ3v) is 2.51. The molecule has 0 aromatic carbocycles. The van der Waals surface area contributed by atoms with Crippen molar-refractivity contribution >= 4 is 18.4 Å². The van der Waals surface area contributed by atoms with Crippen LogP contribution in [0.15, 0.2) is 0 Å². The summed E-state index contributed by atoms with van der Waals surface area (Å²) < 4.78 is 38.5. The van der Waals surface area contributed by atoms with Gasteiger partial charge in [0.1, 0.15) is 5.59 Å². The summed E-state index contributed by atoms with van der Waals surface area (Å²) in [4.78, 5) is 9.38. The molecule has 2 N–H and O–H groups in total. The van der Waals surface area contributed by atoms with Crippen LogP contribution in [0.25, 0.3) is 0 Å². The zero-order valence-electron chi connectivity index (χ0n) is 8.76. The number of alkyl halides is 3. The van der Waals surface area contributed by atoms with Gasteiger partial charge in [-0.2, -0.15) is 18.3 Å². The van der Waals surface area contributed by atoms with Crippen LogP contribution in [0.5, 0.6) is 0 Å². The first-order valence-electron chi connectivity index (χ1n) is 4.93. The minimum atomic E-state index is -5.02. The maximum Gasteiger partial charge on any atom is 0.515 e. The summed E-state index contributed by atoms with van der Waals surface area (Å²) in [5.41, 5.74) is -3.93. The Morgan fingerprint density at radius 2 is 2.00 bits per heavy atom. The highest BCUT2D eigenvalue weighted by atomic mass is 19.4. The van der Waals surface area contributed by atoms with Crippen LogP contribution in [-0.4, -0.2) is 31.9 Å². The Kier molecular flexibility index (Phi) is 2.82. The zero-order valence-corrected chi connectivity index (χ0v) is 8.76. The molecule has 1 aromatic heterocycles. The molecule has 0 radical (unpaired) electrons. The van der Waals surface area contributed by atoms with E-state index in [2.05, 4.69) is 5.10 Å². The third-order valence-electron chi connectivity index (χ3n) is 2.51. The first-order valence-corrected chi connectivity index (χ1v) is 4.93. The van der Waals surface area contributed by atoms with E-state index >= 15 is 0 Å². The number of nitrogens with zero attached hydrogens (tertiary/aromatic N) is 3. The molecule has 1 saturated carbocycles. The van der Waals surface area contributed by atoms with Crippen molar-refractivity contribution in [1.82, 2.24) is 9.78 Å². The van der Waals surface area contributed by atoms with Crippen molar-refractivity contribution in [3.8, 4) is 0 Å². The van der Waals surface area contributed by atoms with Gasteiger partial charge >= 0.3 is 19.0 Å². The van der Waals surface area contributed by atoms with Gasteiger partial charge in [0.2, 0.25) is 5.69 Å². The quantitative estimate of drug-likeness (QED) is 0.448. The highest BCUT2D eigenvalue weighted by molar-refractivity contribution is 6.59. The van der Waals surface area contributed by atoms with Crippen molar-refractivity contribution in [3.05, 3.63) is 15.8 Å². The molecule has 0 aliphatic heterocycles. The van der Waals surface area contributed by atoms with Crippen LogP contribution in [0.1, 0.15) is 24.6 Å². The SMILES string of the molecule is O=[N+]([O-])c1c(C(F)(F)F)nn(C2CC2)c1B(O)O. The molecule has 0 unspecified atom stereocenters. The van der Waals surface area contributed by atoms with Gasteiger partial charge in [-0.1, -0.05) is 0 Å². The Labute approximate surface area is 98.1 Å². The molecule has 0 atom stereocenters. The van der Waals surface area contributed by atoms with Crippen molar-refractivity contribution in [2.24, 2.45) is 0 Å². The molecule has 1 heterocycles. The molecule has 1 aromatic rings. The number of hydrogen-bond acceptors (Lipinski definition) is 5. The minimum Gasteiger partial charge on any atom is -0.422 e. The van der Waals surface area contributed by atoms with E-state index in [0.29, 0.717) is 17.5 Å². The average molecular weight is 265 g/mol. The van der Waals surface area contributed by atoms with Gasteiger partial charge in [-0.25, -0.2) is 0 Å². The van der Waals surface area contributed by atoms with Gasteiger partial charge in [0, 0.05) is 0 Å². The Morgan fingerprint density at radius 1 is 1.44 bits per heavy atom. The van der Waals surface area contributed by atoms with Crippen LogP contribution in [0, 0.1) is 10.1 Å². The number of rotatable bonds is 3. The van der Waals surface area contributed by atoms with Gasteiger partial charge in [-0.3, -0.25) is 14.8 Å². The molecule has 1 aliphatic rings. The van der Waals surface area contributed by atoms with E-state index in [0.717, 1.165) is 0 Å². The lowest BCUT2D eigenvalue weighted by molar-refractivity contribution is -0.387. The van der Waals surface area contributed by atoms with E-state index in [1.165, 1.54) is 0 Å². The van der Waals surface area contributed by atoms with Crippen LogP contribution < -0.4 is 5.59 Å². The largest absolute Gasteiger partial charge is 0.515 e. The molecule has 7 nitrogen and oxygen atoms in total.